The molecule has 0 aliphatic heterocycles. The van der Waals surface area contributed by atoms with E-state index in [1.165, 1.54) is 0 Å². The topological polar surface area (TPSA) is 98.5 Å². The Balaban J connectivity index is 1.67. The lowest BCUT2D eigenvalue weighted by atomic mass is 10.0. The van der Waals surface area contributed by atoms with Crippen LogP contribution in [0.1, 0.15) is 18.3 Å². The summed E-state index contributed by atoms with van der Waals surface area (Å²) in [6.07, 6.45) is -1.37. The van der Waals surface area contributed by atoms with Gasteiger partial charge in [-0.1, -0.05) is 61.5 Å². The van der Waals surface area contributed by atoms with Crippen LogP contribution < -0.4 is 4.74 Å². The van der Waals surface area contributed by atoms with E-state index in [-0.39, 0.29) is 17.3 Å². The minimum absolute atomic E-state index is 0.0583. The van der Waals surface area contributed by atoms with Gasteiger partial charge in [-0.15, -0.1) is 0 Å². The summed E-state index contributed by atoms with van der Waals surface area (Å²) in [5.41, 5.74) is 4.08. The van der Waals surface area contributed by atoms with Crippen molar-refractivity contribution < 1.29 is 23.1 Å². The zero-order chi connectivity index (χ0) is 22.7. The third-order valence-corrected chi connectivity index (χ3v) is 6.79. The van der Waals surface area contributed by atoms with Crippen molar-refractivity contribution in [3.8, 4) is 16.9 Å². The molecule has 1 N–H and O–H groups in total. The quantitative estimate of drug-likeness (QED) is 0.322. The van der Waals surface area contributed by atoms with Gasteiger partial charge in [0, 0.05) is 17.9 Å². The lowest BCUT2D eigenvalue weighted by Crippen LogP contribution is -2.13. The zero-order valence-corrected chi connectivity index (χ0v) is 18.2. The fraction of sp³-hybridized carbons (Fsp3) is 0.167. The Morgan fingerprint density at radius 3 is 2.41 bits per heavy atom. The molecule has 8 heteroatoms. The Morgan fingerprint density at radius 1 is 1.00 bits per heavy atom. The number of rotatable bonds is 7. The molecule has 3 aromatic carbocycles. The second-order valence-corrected chi connectivity index (χ2v) is 9.69. The molecule has 0 amide bonds. The molecular weight excluding hydrogens is 428 g/mol. The van der Waals surface area contributed by atoms with Crippen molar-refractivity contribution in [2.24, 2.45) is 0 Å². The van der Waals surface area contributed by atoms with Crippen molar-refractivity contribution in [1.29, 1.82) is 0 Å². The van der Waals surface area contributed by atoms with E-state index < -0.39 is 16.0 Å². The fourth-order valence-corrected chi connectivity index (χ4v) is 4.39. The van der Waals surface area contributed by atoms with Gasteiger partial charge in [-0.2, -0.15) is 0 Å². The predicted molar refractivity (Wildman–Crippen MR) is 123 cm³/mol. The standard InChI is InChI=1S/C24H22N2O5S/c1-2-32(29,30)16-23-25-20-8-4-5-9-21(20)26(23)15-17-11-13-18(14-12-17)19-7-3-6-10-22(19)31-24(27)28/h3-14H,2,15-16H2,1H3,(H,27,28). The Labute approximate surface area is 185 Å². The third kappa shape index (κ3) is 4.65. The number of hydrogen-bond donors (Lipinski definition) is 1. The van der Waals surface area contributed by atoms with Crippen molar-refractivity contribution in [2.75, 3.05) is 5.75 Å². The van der Waals surface area contributed by atoms with Crippen LogP contribution in [0.25, 0.3) is 22.2 Å². The molecule has 0 atom stereocenters. The van der Waals surface area contributed by atoms with E-state index in [0.29, 0.717) is 17.9 Å². The van der Waals surface area contributed by atoms with Crippen LogP contribution >= 0.6 is 0 Å². The minimum atomic E-state index is -3.24. The maximum Gasteiger partial charge on any atom is 0.511 e. The number of benzene rings is 3. The molecule has 1 heterocycles. The number of hydrogen-bond acceptors (Lipinski definition) is 5. The molecule has 7 nitrogen and oxygen atoms in total. The van der Waals surface area contributed by atoms with Gasteiger partial charge in [0.1, 0.15) is 17.3 Å². The van der Waals surface area contributed by atoms with Crippen LogP contribution in [0.4, 0.5) is 4.79 Å². The van der Waals surface area contributed by atoms with Gasteiger partial charge in [-0.05, 0) is 29.3 Å². The molecule has 1 aromatic heterocycles. The number of fused-ring (bicyclic) bond motifs is 1. The van der Waals surface area contributed by atoms with E-state index in [1.807, 2.05) is 59.2 Å². The summed E-state index contributed by atoms with van der Waals surface area (Å²) >= 11 is 0. The molecule has 0 bridgehead atoms. The van der Waals surface area contributed by atoms with Crippen molar-refractivity contribution >= 4 is 27.0 Å². The van der Waals surface area contributed by atoms with Gasteiger partial charge in [0.15, 0.2) is 9.84 Å². The number of imidazole rings is 1. The molecule has 4 rings (SSSR count). The molecule has 0 aliphatic rings. The Hall–Kier alpha value is -3.65. The van der Waals surface area contributed by atoms with Crippen LogP contribution in [0.15, 0.2) is 72.8 Å². The van der Waals surface area contributed by atoms with E-state index in [1.54, 1.807) is 25.1 Å². The second kappa shape index (κ2) is 8.84. The van der Waals surface area contributed by atoms with Gasteiger partial charge in [-0.25, -0.2) is 18.2 Å². The average molecular weight is 451 g/mol. The van der Waals surface area contributed by atoms with Crippen LogP contribution in [0, 0.1) is 0 Å². The summed E-state index contributed by atoms with van der Waals surface area (Å²) < 4.78 is 31.3. The molecule has 0 aliphatic carbocycles. The Bertz CT molecular complexity index is 1380. The Morgan fingerprint density at radius 2 is 1.69 bits per heavy atom. The SMILES string of the molecule is CCS(=O)(=O)Cc1nc2ccccc2n1Cc1ccc(-c2ccccc2OC(=O)O)cc1. The van der Waals surface area contributed by atoms with E-state index in [2.05, 4.69) is 4.98 Å². The maximum atomic E-state index is 12.3. The predicted octanol–water partition coefficient (Wildman–Crippen LogP) is 4.74. The lowest BCUT2D eigenvalue weighted by molar-refractivity contribution is 0.144. The lowest BCUT2D eigenvalue weighted by Gasteiger charge is -2.11. The largest absolute Gasteiger partial charge is 0.511 e. The first-order chi connectivity index (χ1) is 15.4. The molecule has 0 spiro atoms. The summed E-state index contributed by atoms with van der Waals surface area (Å²) in [4.78, 5) is 15.5. The fourth-order valence-electron chi connectivity index (χ4n) is 3.57. The third-order valence-electron chi connectivity index (χ3n) is 5.21. The number of nitrogens with zero attached hydrogens (tertiary/aromatic N) is 2. The van der Waals surface area contributed by atoms with E-state index in [4.69, 9.17) is 9.84 Å². The molecule has 4 aromatic rings. The normalized spacial score (nSPS) is 11.5. The minimum Gasteiger partial charge on any atom is -0.449 e. The number of carbonyl (C=O) groups is 1. The summed E-state index contributed by atoms with van der Waals surface area (Å²) in [5, 5.41) is 8.96. The molecule has 32 heavy (non-hydrogen) atoms. The number of para-hydroxylation sites is 3. The molecule has 0 saturated heterocycles. The Kier molecular flexibility index (Phi) is 5.96. The highest BCUT2D eigenvalue weighted by atomic mass is 32.2. The monoisotopic (exact) mass is 450 g/mol. The molecule has 0 unspecified atom stereocenters. The van der Waals surface area contributed by atoms with Gasteiger partial charge in [0.05, 0.1) is 11.0 Å². The van der Waals surface area contributed by atoms with E-state index >= 15 is 0 Å². The average Bonchev–Trinajstić information content (AvgIpc) is 3.11. The molecule has 164 valence electrons. The van der Waals surface area contributed by atoms with E-state index in [9.17, 15) is 13.2 Å². The summed E-state index contributed by atoms with van der Waals surface area (Å²) in [6, 6.07) is 22.2. The van der Waals surface area contributed by atoms with Crippen molar-refractivity contribution in [3.63, 3.8) is 0 Å². The molecule has 0 saturated carbocycles. The van der Waals surface area contributed by atoms with Crippen LogP contribution in [0.5, 0.6) is 5.75 Å². The number of carboxylic acid groups (broad SMARTS) is 1. The van der Waals surface area contributed by atoms with Crippen LogP contribution in [-0.4, -0.2) is 35.0 Å². The van der Waals surface area contributed by atoms with E-state index in [0.717, 1.165) is 22.2 Å². The second-order valence-electron chi connectivity index (χ2n) is 7.34. The highest BCUT2D eigenvalue weighted by Crippen LogP contribution is 2.30. The highest BCUT2D eigenvalue weighted by molar-refractivity contribution is 7.90. The van der Waals surface area contributed by atoms with Crippen molar-refractivity contribution in [3.05, 3.63) is 84.2 Å². The molecular formula is C24H22N2O5S. The van der Waals surface area contributed by atoms with Gasteiger partial charge in [0.25, 0.3) is 0 Å². The van der Waals surface area contributed by atoms with Gasteiger partial charge in [0.2, 0.25) is 0 Å². The smallest absolute Gasteiger partial charge is 0.449 e. The van der Waals surface area contributed by atoms with Crippen LogP contribution in [0.2, 0.25) is 0 Å². The number of sulfone groups is 1. The number of ether oxygens (including phenoxy) is 1. The first-order valence-corrected chi connectivity index (χ1v) is 11.9. The first kappa shape index (κ1) is 21.6. The van der Waals surface area contributed by atoms with Crippen LogP contribution in [-0.2, 0) is 22.1 Å². The highest BCUT2D eigenvalue weighted by Gasteiger charge is 2.17. The maximum absolute atomic E-state index is 12.3. The van der Waals surface area contributed by atoms with Gasteiger partial charge in [-0.3, -0.25) is 0 Å². The molecule has 0 fully saturated rings. The van der Waals surface area contributed by atoms with Crippen LogP contribution in [0.3, 0.4) is 0 Å². The van der Waals surface area contributed by atoms with Crippen molar-refractivity contribution in [1.82, 2.24) is 9.55 Å². The van der Waals surface area contributed by atoms with Crippen molar-refractivity contribution in [2.45, 2.75) is 19.2 Å². The first-order valence-electron chi connectivity index (χ1n) is 10.1. The summed E-state index contributed by atoms with van der Waals surface area (Å²) in [6.45, 7) is 2.09. The zero-order valence-electron chi connectivity index (χ0n) is 17.4. The number of aromatic nitrogens is 2. The molecule has 0 radical (unpaired) electrons. The summed E-state index contributed by atoms with van der Waals surface area (Å²) in [7, 11) is -3.24. The van der Waals surface area contributed by atoms with Gasteiger partial charge >= 0.3 is 6.16 Å². The van der Waals surface area contributed by atoms with Gasteiger partial charge < -0.3 is 14.4 Å². The summed E-state index contributed by atoms with van der Waals surface area (Å²) in [5.74, 6) is 0.719.